The predicted octanol–water partition coefficient (Wildman–Crippen LogP) is 2.17. The van der Waals surface area contributed by atoms with E-state index in [0.29, 0.717) is 0 Å². The molecule has 1 heterocycles. The van der Waals surface area contributed by atoms with Crippen molar-refractivity contribution in [1.29, 1.82) is 0 Å². The lowest BCUT2D eigenvalue weighted by Gasteiger charge is -2.23. The van der Waals surface area contributed by atoms with E-state index >= 15 is 0 Å². The first-order valence-corrected chi connectivity index (χ1v) is 5.85. The van der Waals surface area contributed by atoms with Gasteiger partial charge in [-0.05, 0) is 37.8 Å². The van der Waals surface area contributed by atoms with E-state index in [0.717, 1.165) is 31.2 Å². The fourth-order valence-electron chi connectivity index (χ4n) is 1.77. The van der Waals surface area contributed by atoms with Crippen molar-refractivity contribution in [2.45, 2.75) is 31.5 Å². The van der Waals surface area contributed by atoms with E-state index in [1.165, 1.54) is 0 Å². The minimum atomic E-state index is -4.49. The highest BCUT2D eigenvalue weighted by atomic mass is 19.4. The monoisotopic (exact) mass is 273 g/mol. The van der Waals surface area contributed by atoms with Gasteiger partial charge in [-0.25, -0.2) is 4.98 Å². The van der Waals surface area contributed by atoms with Crippen LogP contribution >= 0.6 is 0 Å². The number of carbonyl (C=O) groups is 1. The number of alkyl halides is 3. The van der Waals surface area contributed by atoms with Gasteiger partial charge >= 0.3 is 6.18 Å². The van der Waals surface area contributed by atoms with E-state index in [1.807, 2.05) is 0 Å². The zero-order valence-corrected chi connectivity index (χ0v) is 10.3. The summed E-state index contributed by atoms with van der Waals surface area (Å²) in [6, 6.07) is 1.98. The highest BCUT2D eigenvalue weighted by Gasteiger charge is 2.44. The molecule has 0 radical (unpaired) electrons. The molecule has 0 aliphatic heterocycles. The van der Waals surface area contributed by atoms with Gasteiger partial charge in [0.1, 0.15) is 5.69 Å². The molecule has 1 aliphatic rings. The van der Waals surface area contributed by atoms with Crippen LogP contribution in [0.3, 0.4) is 0 Å². The Kier molecular flexibility index (Phi) is 3.25. The molecule has 3 N–H and O–H groups in total. The highest BCUT2D eigenvalue weighted by molar-refractivity contribution is 5.98. The largest absolute Gasteiger partial charge is 0.433 e. The van der Waals surface area contributed by atoms with E-state index < -0.39 is 23.3 Å². The molecule has 1 saturated carbocycles. The standard InChI is InChI=1S/C12H14F3N3O/c1-11(16,7-2-3-7)10(19)18-8-4-5-9(17-6-8)12(13,14)15/h4-7H,2-3,16H2,1H3,(H,18,19). The Morgan fingerprint density at radius 2 is 2.05 bits per heavy atom. The minimum Gasteiger partial charge on any atom is -0.323 e. The number of anilines is 1. The fourth-order valence-corrected chi connectivity index (χ4v) is 1.77. The maximum atomic E-state index is 12.3. The number of halogens is 3. The SMILES string of the molecule is CC(N)(C(=O)Nc1ccc(C(F)(F)F)nc1)C1CC1. The molecule has 1 aromatic rings. The van der Waals surface area contributed by atoms with Gasteiger partial charge in [-0.15, -0.1) is 0 Å². The van der Waals surface area contributed by atoms with Crippen LogP contribution in [0.1, 0.15) is 25.5 Å². The molecule has 104 valence electrons. The molecule has 1 unspecified atom stereocenters. The number of hydrogen-bond acceptors (Lipinski definition) is 3. The quantitative estimate of drug-likeness (QED) is 0.886. The Morgan fingerprint density at radius 3 is 2.47 bits per heavy atom. The van der Waals surface area contributed by atoms with Crippen molar-refractivity contribution in [1.82, 2.24) is 4.98 Å². The summed E-state index contributed by atoms with van der Waals surface area (Å²) < 4.78 is 36.9. The predicted molar refractivity (Wildman–Crippen MR) is 63.2 cm³/mol. The summed E-state index contributed by atoms with van der Waals surface area (Å²) in [6.07, 6.45) is -1.72. The van der Waals surface area contributed by atoms with Crippen LogP contribution in [0.4, 0.5) is 18.9 Å². The molecular formula is C12H14F3N3O. The van der Waals surface area contributed by atoms with Crippen LogP contribution in [0.5, 0.6) is 0 Å². The van der Waals surface area contributed by atoms with Crippen molar-refractivity contribution in [3.05, 3.63) is 24.0 Å². The first-order chi connectivity index (χ1) is 8.71. The Hall–Kier alpha value is -1.63. The molecule has 0 spiro atoms. The molecular weight excluding hydrogens is 259 g/mol. The second-order valence-electron chi connectivity index (χ2n) is 4.94. The van der Waals surface area contributed by atoms with Crippen LogP contribution < -0.4 is 11.1 Å². The van der Waals surface area contributed by atoms with Crippen LogP contribution in [-0.2, 0) is 11.0 Å². The average molecular weight is 273 g/mol. The number of rotatable bonds is 3. The van der Waals surface area contributed by atoms with Crippen LogP contribution in [-0.4, -0.2) is 16.4 Å². The van der Waals surface area contributed by atoms with Gasteiger partial charge in [0.2, 0.25) is 5.91 Å². The third-order valence-corrected chi connectivity index (χ3v) is 3.23. The van der Waals surface area contributed by atoms with Crippen molar-refractivity contribution in [2.24, 2.45) is 11.7 Å². The smallest absolute Gasteiger partial charge is 0.323 e. The van der Waals surface area contributed by atoms with E-state index in [9.17, 15) is 18.0 Å². The Labute approximate surface area is 108 Å². The number of aromatic nitrogens is 1. The number of nitrogens with zero attached hydrogens (tertiary/aromatic N) is 1. The molecule has 1 fully saturated rings. The lowest BCUT2D eigenvalue weighted by molar-refractivity contribution is -0.141. The number of nitrogens with two attached hydrogens (primary N) is 1. The highest BCUT2D eigenvalue weighted by Crippen LogP contribution is 2.38. The fraction of sp³-hybridized carbons (Fsp3) is 0.500. The van der Waals surface area contributed by atoms with Crippen LogP contribution in [0, 0.1) is 5.92 Å². The third kappa shape index (κ3) is 3.04. The normalized spacial score (nSPS) is 18.8. The van der Waals surface area contributed by atoms with Gasteiger partial charge in [0, 0.05) is 0 Å². The summed E-state index contributed by atoms with van der Waals surface area (Å²) in [5.74, 6) is -0.272. The van der Waals surface area contributed by atoms with E-state index in [4.69, 9.17) is 5.73 Å². The van der Waals surface area contributed by atoms with Gasteiger partial charge in [0.25, 0.3) is 0 Å². The topological polar surface area (TPSA) is 68.0 Å². The number of hydrogen-bond donors (Lipinski definition) is 2. The Balaban J connectivity index is 2.05. The summed E-state index contributed by atoms with van der Waals surface area (Å²) in [6.45, 7) is 1.62. The van der Waals surface area contributed by atoms with Crippen molar-refractivity contribution in [3.8, 4) is 0 Å². The average Bonchev–Trinajstić information content (AvgIpc) is 3.12. The maximum absolute atomic E-state index is 12.3. The van der Waals surface area contributed by atoms with E-state index in [-0.39, 0.29) is 11.6 Å². The number of nitrogens with one attached hydrogen (secondary N) is 1. The molecule has 1 amide bonds. The first-order valence-electron chi connectivity index (χ1n) is 5.85. The zero-order chi connectivity index (χ0) is 14.3. The second kappa shape index (κ2) is 4.48. The molecule has 0 bridgehead atoms. The lowest BCUT2D eigenvalue weighted by Crippen LogP contribution is -2.50. The Bertz CT molecular complexity index is 478. The summed E-state index contributed by atoms with van der Waals surface area (Å²) in [5.41, 5.74) is 4.11. The second-order valence-corrected chi connectivity index (χ2v) is 4.94. The van der Waals surface area contributed by atoms with Crippen LogP contribution in [0.2, 0.25) is 0 Å². The summed E-state index contributed by atoms with van der Waals surface area (Å²) >= 11 is 0. The molecule has 1 aliphatic carbocycles. The Morgan fingerprint density at radius 1 is 1.42 bits per heavy atom. The van der Waals surface area contributed by atoms with Crippen molar-refractivity contribution >= 4 is 11.6 Å². The first kappa shape index (κ1) is 13.8. The van der Waals surface area contributed by atoms with Crippen molar-refractivity contribution in [3.63, 3.8) is 0 Å². The molecule has 0 aromatic carbocycles. The summed E-state index contributed by atoms with van der Waals surface area (Å²) in [4.78, 5) is 15.2. The summed E-state index contributed by atoms with van der Waals surface area (Å²) in [5, 5.41) is 2.49. The number of amides is 1. The van der Waals surface area contributed by atoms with Gasteiger partial charge in [-0.1, -0.05) is 0 Å². The van der Waals surface area contributed by atoms with Crippen molar-refractivity contribution < 1.29 is 18.0 Å². The molecule has 1 aromatic heterocycles. The third-order valence-electron chi connectivity index (χ3n) is 3.23. The van der Waals surface area contributed by atoms with Gasteiger partial charge in [0.05, 0.1) is 17.4 Å². The molecule has 2 rings (SSSR count). The molecule has 7 heteroatoms. The van der Waals surface area contributed by atoms with Crippen molar-refractivity contribution in [2.75, 3.05) is 5.32 Å². The van der Waals surface area contributed by atoms with E-state index in [2.05, 4.69) is 10.3 Å². The lowest BCUT2D eigenvalue weighted by atomic mass is 9.96. The number of carbonyl (C=O) groups excluding carboxylic acids is 1. The minimum absolute atomic E-state index is 0.134. The van der Waals surface area contributed by atoms with Crippen LogP contribution in [0.25, 0.3) is 0 Å². The zero-order valence-electron chi connectivity index (χ0n) is 10.3. The van der Waals surface area contributed by atoms with Gasteiger partial charge in [0.15, 0.2) is 0 Å². The van der Waals surface area contributed by atoms with Gasteiger partial charge in [-0.3, -0.25) is 4.79 Å². The molecule has 1 atom stereocenters. The van der Waals surface area contributed by atoms with Gasteiger partial charge in [-0.2, -0.15) is 13.2 Å². The van der Waals surface area contributed by atoms with Gasteiger partial charge < -0.3 is 11.1 Å². The molecule has 19 heavy (non-hydrogen) atoms. The van der Waals surface area contributed by atoms with E-state index in [1.54, 1.807) is 6.92 Å². The maximum Gasteiger partial charge on any atom is 0.433 e. The summed E-state index contributed by atoms with van der Waals surface area (Å²) in [7, 11) is 0. The number of pyridine rings is 1. The van der Waals surface area contributed by atoms with Crippen LogP contribution in [0.15, 0.2) is 18.3 Å². The molecule has 4 nitrogen and oxygen atoms in total. The molecule has 0 saturated heterocycles.